The molecular weight excluding hydrogens is 174 g/mol. The number of aryl methyl sites for hydroxylation is 1. The monoisotopic (exact) mass is 189 g/mol. The topological polar surface area (TPSA) is 50.9 Å². The summed E-state index contributed by atoms with van der Waals surface area (Å²) in [5, 5.41) is 3.28. The minimum atomic E-state index is 0.124. The zero-order valence-electron chi connectivity index (χ0n) is 8.33. The SMILES string of the molecule is Cc1cncc(C2=CC(N)CNC2)c1. The molecule has 0 saturated carbocycles. The molecule has 74 valence electrons. The van der Waals surface area contributed by atoms with Crippen LogP contribution in [0.2, 0.25) is 0 Å². The zero-order chi connectivity index (χ0) is 9.97. The van der Waals surface area contributed by atoms with E-state index in [9.17, 15) is 0 Å². The third-order valence-electron chi connectivity index (χ3n) is 2.36. The molecule has 3 nitrogen and oxygen atoms in total. The number of nitrogens with zero attached hydrogens (tertiary/aromatic N) is 1. The number of pyridine rings is 1. The van der Waals surface area contributed by atoms with Crippen LogP contribution >= 0.6 is 0 Å². The summed E-state index contributed by atoms with van der Waals surface area (Å²) >= 11 is 0. The molecule has 0 bridgehead atoms. The minimum Gasteiger partial charge on any atom is -0.323 e. The fourth-order valence-corrected chi connectivity index (χ4v) is 1.68. The predicted octanol–water partition coefficient (Wildman–Crippen LogP) is 0.704. The van der Waals surface area contributed by atoms with E-state index in [1.165, 1.54) is 16.7 Å². The highest BCUT2D eigenvalue weighted by atomic mass is 14.9. The van der Waals surface area contributed by atoms with Crippen molar-refractivity contribution in [1.82, 2.24) is 10.3 Å². The van der Waals surface area contributed by atoms with Crippen molar-refractivity contribution < 1.29 is 0 Å². The van der Waals surface area contributed by atoms with Gasteiger partial charge in [0.1, 0.15) is 0 Å². The van der Waals surface area contributed by atoms with Crippen LogP contribution in [-0.4, -0.2) is 24.1 Å². The second-order valence-electron chi connectivity index (χ2n) is 3.74. The van der Waals surface area contributed by atoms with Crippen LogP contribution in [0.4, 0.5) is 0 Å². The van der Waals surface area contributed by atoms with E-state index in [-0.39, 0.29) is 6.04 Å². The molecule has 1 unspecified atom stereocenters. The number of aromatic nitrogens is 1. The molecule has 2 heterocycles. The highest BCUT2D eigenvalue weighted by molar-refractivity contribution is 5.68. The Hall–Kier alpha value is -1.19. The number of nitrogens with one attached hydrogen (secondary N) is 1. The molecule has 2 rings (SSSR count). The molecule has 1 aromatic heterocycles. The lowest BCUT2D eigenvalue weighted by Gasteiger charge is -2.19. The third-order valence-corrected chi connectivity index (χ3v) is 2.36. The van der Waals surface area contributed by atoms with Gasteiger partial charge in [-0.1, -0.05) is 6.08 Å². The molecule has 0 radical (unpaired) electrons. The standard InChI is InChI=1S/C11H15N3/c1-8-2-9(5-13-4-8)10-3-11(12)7-14-6-10/h2-5,11,14H,6-7,12H2,1H3. The van der Waals surface area contributed by atoms with Crippen molar-refractivity contribution in [2.45, 2.75) is 13.0 Å². The molecule has 0 aliphatic carbocycles. The van der Waals surface area contributed by atoms with E-state index >= 15 is 0 Å². The van der Waals surface area contributed by atoms with Crippen molar-refractivity contribution >= 4 is 5.57 Å². The molecular formula is C11H15N3. The van der Waals surface area contributed by atoms with Crippen LogP contribution in [0, 0.1) is 6.92 Å². The first kappa shape index (κ1) is 9.37. The van der Waals surface area contributed by atoms with Crippen LogP contribution in [0.5, 0.6) is 0 Å². The summed E-state index contributed by atoms with van der Waals surface area (Å²) < 4.78 is 0. The first-order chi connectivity index (χ1) is 6.75. The van der Waals surface area contributed by atoms with Crippen molar-refractivity contribution in [3.8, 4) is 0 Å². The lowest BCUT2D eigenvalue weighted by Crippen LogP contribution is -2.37. The summed E-state index contributed by atoms with van der Waals surface area (Å²) in [6.07, 6.45) is 5.87. The Morgan fingerprint density at radius 1 is 1.50 bits per heavy atom. The molecule has 0 saturated heterocycles. The van der Waals surface area contributed by atoms with E-state index in [2.05, 4.69) is 22.4 Å². The van der Waals surface area contributed by atoms with Crippen LogP contribution in [0.15, 0.2) is 24.5 Å². The fraction of sp³-hybridized carbons (Fsp3) is 0.364. The largest absolute Gasteiger partial charge is 0.323 e. The van der Waals surface area contributed by atoms with Gasteiger partial charge in [-0.2, -0.15) is 0 Å². The summed E-state index contributed by atoms with van der Waals surface area (Å²) in [5.41, 5.74) is 9.45. The van der Waals surface area contributed by atoms with Gasteiger partial charge in [-0.15, -0.1) is 0 Å². The predicted molar refractivity (Wildman–Crippen MR) is 57.8 cm³/mol. The number of rotatable bonds is 1. The number of hydrogen-bond donors (Lipinski definition) is 2. The van der Waals surface area contributed by atoms with Crippen molar-refractivity contribution in [3.63, 3.8) is 0 Å². The molecule has 1 aliphatic heterocycles. The smallest absolute Gasteiger partial charge is 0.0357 e. The van der Waals surface area contributed by atoms with Gasteiger partial charge in [-0.05, 0) is 29.7 Å². The van der Waals surface area contributed by atoms with Gasteiger partial charge in [0.25, 0.3) is 0 Å². The van der Waals surface area contributed by atoms with Crippen LogP contribution in [0.1, 0.15) is 11.1 Å². The Bertz CT molecular complexity index is 357. The number of hydrogen-bond acceptors (Lipinski definition) is 3. The van der Waals surface area contributed by atoms with E-state index in [1.807, 2.05) is 19.3 Å². The Balaban J connectivity index is 2.30. The molecule has 1 aromatic rings. The minimum absolute atomic E-state index is 0.124. The average molecular weight is 189 g/mol. The van der Waals surface area contributed by atoms with E-state index in [1.54, 1.807) is 0 Å². The molecule has 0 amide bonds. The van der Waals surface area contributed by atoms with Crippen molar-refractivity contribution in [1.29, 1.82) is 0 Å². The first-order valence-corrected chi connectivity index (χ1v) is 4.85. The lowest BCUT2D eigenvalue weighted by atomic mass is 10.0. The van der Waals surface area contributed by atoms with E-state index < -0.39 is 0 Å². The maximum atomic E-state index is 5.84. The van der Waals surface area contributed by atoms with Crippen LogP contribution in [-0.2, 0) is 0 Å². The molecule has 14 heavy (non-hydrogen) atoms. The van der Waals surface area contributed by atoms with Gasteiger partial charge in [0.05, 0.1) is 0 Å². The van der Waals surface area contributed by atoms with Gasteiger partial charge in [-0.25, -0.2) is 0 Å². The summed E-state index contributed by atoms with van der Waals surface area (Å²) in [7, 11) is 0. The second-order valence-corrected chi connectivity index (χ2v) is 3.74. The van der Waals surface area contributed by atoms with E-state index in [0.29, 0.717) is 0 Å². The Labute approximate surface area is 84.0 Å². The number of nitrogens with two attached hydrogens (primary N) is 1. The maximum absolute atomic E-state index is 5.84. The van der Waals surface area contributed by atoms with Gasteiger partial charge in [-0.3, -0.25) is 4.98 Å². The Morgan fingerprint density at radius 3 is 3.07 bits per heavy atom. The quantitative estimate of drug-likeness (QED) is 0.684. The normalized spacial score (nSPS) is 21.9. The Kier molecular flexibility index (Phi) is 2.61. The van der Waals surface area contributed by atoms with Crippen LogP contribution in [0.25, 0.3) is 5.57 Å². The molecule has 0 fully saturated rings. The molecule has 3 heteroatoms. The van der Waals surface area contributed by atoms with Crippen LogP contribution in [0.3, 0.4) is 0 Å². The van der Waals surface area contributed by atoms with E-state index in [4.69, 9.17) is 5.73 Å². The van der Waals surface area contributed by atoms with Gasteiger partial charge < -0.3 is 11.1 Å². The first-order valence-electron chi connectivity index (χ1n) is 4.85. The van der Waals surface area contributed by atoms with Crippen molar-refractivity contribution in [3.05, 3.63) is 35.7 Å². The van der Waals surface area contributed by atoms with Gasteiger partial charge >= 0.3 is 0 Å². The van der Waals surface area contributed by atoms with E-state index in [0.717, 1.165) is 13.1 Å². The zero-order valence-corrected chi connectivity index (χ0v) is 8.33. The highest BCUT2D eigenvalue weighted by Gasteiger charge is 2.10. The summed E-state index contributed by atoms with van der Waals surface area (Å²) in [4.78, 5) is 4.18. The molecule has 1 atom stereocenters. The average Bonchev–Trinajstić information content (AvgIpc) is 2.18. The van der Waals surface area contributed by atoms with Gasteiger partial charge in [0.15, 0.2) is 0 Å². The summed E-state index contributed by atoms with van der Waals surface area (Å²) in [5.74, 6) is 0. The molecule has 3 N–H and O–H groups in total. The van der Waals surface area contributed by atoms with Crippen LogP contribution < -0.4 is 11.1 Å². The highest BCUT2D eigenvalue weighted by Crippen LogP contribution is 2.16. The maximum Gasteiger partial charge on any atom is 0.0357 e. The van der Waals surface area contributed by atoms with Gasteiger partial charge in [0, 0.05) is 31.5 Å². The summed E-state index contributed by atoms with van der Waals surface area (Å²) in [6, 6.07) is 2.26. The fourth-order valence-electron chi connectivity index (χ4n) is 1.68. The molecule has 1 aliphatic rings. The lowest BCUT2D eigenvalue weighted by molar-refractivity contribution is 0.662. The summed E-state index contributed by atoms with van der Waals surface area (Å²) in [6.45, 7) is 3.80. The molecule has 0 aromatic carbocycles. The Morgan fingerprint density at radius 2 is 2.36 bits per heavy atom. The third kappa shape index (κ3) is 2.00. The second kappa shape index (κ2) is 3.90. The van der Waals surface area contributed by atoms with Crippen molar-refractivity contribution in [2.75, 3.05) is 13.1 Å². The van der Waals surface area contributed by atoms with Gasteiger partial charge in [0.2, 0.25) is 0 Å². The van der Waals surface area contributed by atoms with Crippen molar-refractivity contribution in [2.24, 2.45) is 5.73 Å². The molecule has 0 spiro atoms.